The molecule has 2 aromatic rings. The number of hydrogen-bond donors (Lipinski definition) is 4. The van der Waals surface area contributed by atoms with E-state index in [1.54, 1.807) is 24.3 Å². The molecule has 1 amide bonds. The summed E-state index contributed by atoms with van der Waals surface area (Å²) in [5.41, 5.74) is 2.87. The van der Waals surface area contributed by atoms with E-state index < -0.39 is 33.9 Å². The van der Waals surface area contributed by atoms with Crippen molar-refractivity contribution in [1.29, 1.82) is 0 Å². The van der Waals surface area contributed by atoms with Crippen LogP contribution in [0.15, 0.2) is 41.3 Å². The predicted octanol–water partition coefficient (Wildman–Crippen LogP) is 2.90. The van der Waals surface area contributed by atoms with Crippen LogP contribution in [0.4, 0.5) is 0 Å². The number of rotatable bonds is 25. The van der Waals surface area contributed by atoms with Gasteiger partial charge in [-0.1, -0.05) is 49.2 Å². The van der Waals surface area contributed by atoms with Gasteiger partial charge in [0.2, 0.25) is 10.0 Å². The van der Waals surface area contributed by atoms with Gasteiger partial charge in [0.15, 0.2) is 11.9 Å². The molecule has 0 bridgehead atoms. The molecule has 3 rings (SSSR count). The Morgan fingerprint density at radius 3 is 2.25 bits per heavy atom. The molecule has 16 heteroatoms. The topological polar surface area (TPSA) is 173 Å². The number of Topliss-reactive ketones (excluding diaryl/α,β-unsaturated/α-hetero) is 1. The Bertz CT molecular complexity index is 1500. The third-order valence-electron chi connectivity index (χ3n) is 8.20. The number of fused-ring (bicyclic) bond motifs is 1. The lowest BCUT2D eigenvalue weighted by molar-refractivity contribution is -0.145. The number of sulfonamides is 1. The van der Waals surface area contributed by atoms with E-state index >= 15 is 0 Å². The highest BCUT2D eigenvalue weighted by molar-refractivity contribution is 7.89. The highest BCUT2D eigenvalue weighted by Crippen LogP contribution is 2.39. The molecule has 13 nitrogen and oxygen atoms in total. The first kappa shape index (κ1) is 43.2. The molecule has 0 aromatic heterocycles. The first-order valence-electron chi connectivity index (χ1n) is 17.3. The lowest BCUT2D eigenvalue weighted by atomic mass is 9.84. The van der Waals surface area contributed by atoms with Gasteiger partial charge in [0.05, 0.1) is 44.5 Å². The molecule has 286 valence electrons. The summed E-state index contributed by atoms with van der Waals surface area (Å²) in [5.74, 6) is -1.57. The van der Waals surface area contributed by atoms with Gasteiger partial charge < -0.3 is 34.5 Å². The second-order valence-corrected chi connectivity index (χ2v) is 14.6. The number of carbonyl (C=O) groups is 2. The zero-order chi connectivity index (χ0) is 37.2. The summed E-state index contributed by atoms with van der Waals surface area (Å²) in [4.78, 5) is 26.4. The van der Waals surface area contributed by atoms with E-state index in [4.69, 9.17) is 42.1 Å². The molecule has 0 fully saturated rings. The van der Waals surface area contributed by atoms with Gasteiger partial charge in [0.25, 0.3) is 5.91 Å². The molecule has 0 spiro atoms. The van der Waals surface area contributed by atoms with E-state index in [0.717, 1.165) is 36.2 Å². The predicted molar refractivity (Wildman–Crippen MR) is 194 cm³/mol. The number of ether oxygens (including phenoxy) is 4. The van der Waals surface area contributed by atoms with Crippen LogP contribution in [0.1, 0.15) is 55.7 Å². The Balaban J connectivity index is 1.27. The van der Waals surface area contributed by atoms with Crippen molar-refractivity contribution < 1.29 is 47.2 Å². The second kappa shape index (κ2) is 22.8. The Morgan fingerprint density at radius 2 is 1.57 bits per heavy atom. The van der Waals surface area contributed by atoms with E-state index in [-0.39, 0.29) is 70.0 Å². The van der Waals surface area contributed by atoms with Gasteiger partial charge >= 0.3 is 0 Å². The zero-order valence-electron chi connectivity index (χ0n) is 29.3. The second-order valence-electron chi connectivity index (χ2n) is 12.0. The largest absolute Gasteiger partial charge is 0.382 e. The number of hydrogen-bond acceptors (Lipinski definition) is 11. The van der Waals surface area contributed by atoms with Gasteiger partial charge in [0.1, 0.15) is 6.10 Å². The fraction of sp³-hybridized carbons (Fsp3) is 0.600. The summed E-state index contributed by atoms with van der Waals surface area (Å²) in [6.45, 7) is 8.70. The average Bonchev–Trinajstić information content (AvgIpc) is 3.12. The molecule has 1 aliphatic rings. The van der Waals surface area contributed by atoms with Crippen LogP contribution in [0.25, 0.3) is 0 Å². The number of nitrogens with zero attached hydrogens (tertiary/aromatic N) is 1. The minimum absolute atomic E-state index is 0.000165. The Labute approximate surface area is 310 Å². The Kier molecular flexibility index (Phi) is 19.3. The van der Waals surface area contributed by atoms with E-state index in [1.807, 2.05) is 19.1 Å². The first-order valence-corrected chi connectivity index (χ1v) is 19.5. The van der Waals surface area contributed by atoms with E-state index in [1.165, 1.54) is 0 Å². The summed E-state index contributed by atoms with van der Waals surface area (Å²) in [5, 5.41) is 23.4. The van der Waals surface area contributed by atoms with Crippen LogP contribution < -0.4 is 10.0 Å². The smallest absolute Gasteiger partial charge is 0.252 e. The van der Waals surface area contributed by atoms with Gasteiger partial charge in [-0.2, -0.15) is 0 Å². The molecule has 0 saturated carbocycles. The zero-order valence-corrected chi connectivity index (χ0v) is 31.6. The number of ketones is 1. The van der Waals surface area contributed by atoms with Crippen molar-refractivity contribution in [2.45, 2.75) is 62.7 Å². The third kappa shape index (κ3) is 14.3. The van der Waals surface area contributed by atoms with Crippen LogP contribution in [-0.4, -0.2) is 126 Å². The molecule has 3 unspecified atom stereocenters. The lowest BCUT2D eigenvalue weighted by Gasteiger charge is -2.35. The summed E-state index contributed by atoms with van der Waals surface area (Å²) < 4.78 is 50.3. The van der Waals surface area contributed by atoms with Crippen LogP contribution in [0.2, 0.25) is 10.0 Å². The minimum Gasteiger partial charge on any atom is -0.382 e. The average molecular weight is 777 g/mol. The first-order chi connectivity index (χ1) is 24.5. The summed E-state index contributed by atoms with van der Waals surface area (Å²) >= 11 is 12.9. The molecule has 2 aromatic carbocycles. The minimum atomic E-state index is -3.79. The standard InChI is InChI=1S/C35H51Cl2N3O10S/c1-3-12-47-13-6-9-32(41)33(42)34(43)35(44)38-10-14-48-16-18-50-19-17-49-15-11-39-51(45,46)27-8-5-7-25(20-27)29-23-40(4-2)24-30-28(29)21-26(36)22-31(30)37/h5,7-8,20-22,29,33-34,39,42-43H,3-4,6,9-19,23-24H2,1-2H3,(H,38,44). The monoisotopic (exact) mass is 775 g/mol. The number of amides is 1. The lowest BCUT2D eigenvalue weighted by Crippen LogP contribution is -2.46. The van der Waals surface area contributed by atoms with Gasteiger partial charge in [-0.3, -0.25) is 14.5 Å². The molecule has 0 radical (unpaired) electrons. The Morgan fingerprint density at radius 1 is 0.902 bits per heavy atom. The summed E-state index contributed by atoms with van der Waals surface area (Å²) in [6.07, 6.45) is -2.41. The van der Waals surface area contributed by atoms with Crippen molar-refractivity contribution >= 4 is 44.9 Å². The van der Waals surface area contributed by atoms with Crippen LogP contribution in [-0.2, 0) is 45.1 Å². The van der Waals surface area contributed by atoms with E-state index in [0.29, 0.717) is 36.2 Å². The fourth-order valence-corrected chi connectivity index (χ4v) is 7.09. The number of likely N-dealkylation sites (N-methyl/N-ethyl adjacent to an activating group) is 1. The number of nitrogens with one attached hydrogen (secondary N) is 2. The maximum Gasteiger partial charge on any atom is 0.252 e. The maximum atomic E-state index is 13.1. The van der Waals surface area contributed by atoms with Crippen molar-refractivity contribution in [3.8, 4) is 0 Å². The number of benzene rings is 2. The van der Waals surface area contributed by atoms with Crippen molar-refractivity contribution in [2.75, 3.05) is 79.0 Å². The maximum absolute atomic E-state index is 13.1. The van der Waals surface area contributed by atoms with Gasteiger partial charge in [0, 0.05) is 61.8 Å². The van der Waals surface area contributed by atoms with E-state index in [2.05, 4.69) is 21.9 Å². The van der Waals surface area contributed by atoms with Gasteiger partial charge in [-0.25, -0.2) is 13.1 Å². The molecule has 1 aliphatic heterocycles. The highest BCUT2D eigenvalue weighted by atomic mass is 35.5. The molecule has 0 aliphatic carbocycles. The number of halogens is 2. The van der Waals surface area contributed by atoms with Gasteiger partial charge in [-0.15, -0.1) is 0 Å². The molecular weight excluding hydrogens is 725 g/mol. The molecule has 3 atom stereocenters. The Hall–Kier alpha value is -2.21. The van der Waals surface area contributed by atoms with Crippen molar-refractivity contribution in [2.24, 2.45) is 0 Å². The van der Waals surface area contributed by atoms with Crippen molar-refractivity contribution in [3.05, 3.63) is 63.1 Å². The quantitative estimate of drug-likeness (QED) is 0.109. The van der Waals surface area contributed by atoms with Crippen molar-refractivity contribution in [1.82, 2.24) is 14.9 Å². The van der Waals surface area contributed by atoms with Gasteiger partial charge in [-0.05, 0) is 60.3 Å². The molecular formula is C35H51Cl2N3O10S. The fourth-order valence-electron chi connectivity index (χ4n) is 5.46. The van der Waals surface area contributed by atoms with Crippen molar-refractivity contribution in [3.63, 3.8) is 0 Å². The van der Waals surface area contributed by atoms with Crippen LogP contribution in [0.5, 0.6) is 0 Å². The van der Waals surface area contributed by atoms with Crippen LogP contribution in [0, 0.1) is 0 Å². The number of carbonyl (C=O) groups excluding carboxylic acids is 2. The van der Waals surface area contributed by atoms with E-state index in [9.17, 15) is 28.2 Å². The summed E-state index contributed by atoms with van der Waals surface area (Å²) in [6, 6.07) is 10.6. The normalized spacial score (nSPS) is 16.1. The third-order valence-corrected chi connectivity index (χ3v) is 10.2. The highest BCUT2D eigenvalue weighted by Gasteiger charge is 2.30. The SMILES string of the molecule is CCCOCCCC(=O)C(O)C(O)C(=O)NCCOCCOCCOCCNS(=O)(=O)c1cccc(C2CN(CC)Cc3c(Cl)cc(Cl)cc32)c1. The van der Waals surface area contributed by atoms with Crippen LogP contribution in [0.3, 0.4) is 0 Å². The number of aliphatic hydroxyl groups excluding tert-OH is 2. The molecule has 4 N–H and O–H groups in total. The summed E-state index contributed by atoms with van der Waals surface area (Å²) in [7, 11) is -3.79. The number of aliphatic hydroxyl groups is 2. The molecule has 0 saturated heterocycles. The van der Waals surface area contributed by atoms with Crippen LogP contribution >= 0.6 is 23.2 Å². The molecule has 1 heterocycles. The molecule has 51 heavy (non-hydrogen) atoms.